The Hall–Kier alpha value is -2.62. The molecule has 2 heterocycles. The van der Waals surface area contributed by atoms with Crippen molar-refractivity contribution in [3.05, 3.63) is 47.5 Å². The van der Waals surface area contributed by atoms with Crippen molar-refractivity contribution in [2.45, 2.75) is 24.0 Å². The van der Waals surface area contributed by atoms with E-state index in [2.05, 4.69) is 20.1 Å². The Labute approximate surface area is 144 Å². The average Bonchev–Trinajstić information content (AvgIpc) is 3.00. The molecule has 0 aliphatic rings. The summed E-state index contributed by atoms with van der Waals surface area (Å²) < 4.78 is 42.8. The van der Waals surface area contributed by atoms with Crippen molar-refractivity contribution >= 4 is 17.6 Å². The summed E-state index contributed by atoms with van der Waals surface area (Å²) in [5, 5.41) is 4.26. The molecule has 130 valence electrons. The summed E-state index contributed by atoms with van der Waals surface area (Å²) in [6, 6.07) is 6.20. The number of benzene rings is 1. The predicted molar refractivity (Wildman–Crippen MR) is 85.5 cm³/mol. The molecule has 6 nitrogen and oxygen atoms in total. The fourth-order valence-corrected chi connectivity index (χ4v) is 2.74. The molecule has 0 bridgehead atoms. The summed E-state index contributed by atoms with van der Waals surface area (Å²) in [5.41, 5.74) is 6.10. The van der Waals surface area contributed by atoms with Gasteiger partial charge in [-0.2, -0.15) is 18.2 Å². The van der Waals surface area contributed by atoms with Crippen molar-refractivity contribution in [3.63, 3.8) is 0 Å². The van der Waals surface area contributed by atoms with Gasteiger partial charge in [-0.25, -0.2) is 9.97 Å². The SMILES string of the molecule is Cc1cc(N)nc(SCc2nc(-c3ccc(C(F)(F)F)cc3)no2)n1. The highest BCUT2D eigenvalue weighted by Gasteiger charge is 2.30. The Morgan fingerprint density at radius 3 is 2.48 bits per heavy atom. The molecule has 0 amide bonds. The highest BCUT2D eigenvalue weighted by Crippen LogP contribution is 2.30. The first-order chi connectivity index (χ1) is 11.8. The Balaban J connectivity index is 1.70. The Morgan fingerprint density at radius 2 is 1.84 bits per heavy atom. The van der Waals surface area contributed by atoms with Crippen molar-refractivity contribution < 1.29 is 17.7 Å². The first kappa shape index (κ1) is 17.2. The van der Waals surface area contributed by atoms with Gasteiger partial charge in [0.05, 0.1) is 11.3 Å². The van der Waals surface area contributed by atoms with Crippen LogP contribution in [0.25, 0.3) is 11.4 Å². The molecule has 3 aromatic rings. The minimum absolute atomic E-state index is 0.217. The highest BCUT2D eigenvalue weighted by molar-refractivity contribution is 7.98. The lowest BCUT2D eigenvalue weighted by atomic mass is 10.1. The number of anilines is 1. The lowest BCUT2D eigenvalue weighted by molar-refractivity contribution is -0.137. The van der Waals surface area contributed by atoms with E-state index in [1.165, 1.54) is 23.9 Å². The van der Waals surface area contributed by atoms with E-state index in [1.807, 2.05) is 0 Å². The zero-order valence-corrected chi connectivity index (χ0v) is 13.7. The number of aryl methyl sites for hydroxylation is 1. The quantitative estimate of drug-likeness (QED) is 0.555. The number of aromatic nitrogens is 4. The van der Waals surface area contributed by atoms with Crippen LogP contribution < -0.4 is 5.73 Å². The molecule has 0 aliphatic carbocycles. The number of alkyl halides is 3. The summed E-state index contributed by atoms with van der Waals surface area (Å²) in [7, 11) is 0. The van der Waals surface area contributed by atoms with Crippen molar-refractivity contribution in [2.75, 3.05) is 5.73 Å². The number of hydrogen-bond donors (Lipinski definition) is 1. The molecule has 0 spiro atoms. The lowest BCUT2D eigenvalue weighted by Gasteiger charge is -2.05. The van der Waals surface area contributed by atoms with Gasteiger partial charge in [0.25, 0.3) is 0 Å². The first-order valence-electron chi connectivity index (χ1n) is 7.05. The van der Waals surface area contributed by atoms with Gasteiger partial charge in [-0.3, -0.25) is 0 Å². The van der Waals surface area contributed by atoms with Gasteiger partial charge in [-0.05, 0) is 19.1 Å². The van der Waals surface area contributed by atoms with E-state index < -0.39 is 11.7 Å². The van der Waals surface area contributed by atoms with E-state index in [4.69, 9.17) is 10.3 Å². The topological polar surface area (TPSA) is 90.7 Å². The fourth-order valence-electron chi connectivity index (χ4n) is 1.99. The predicted octanol–water partition coefficient (Wildman–Crippen LogP) is 3.73. The standard InChI is InChI=1S/C15H12F3N5OS/c1-8-6-11(19)21-14(20-8)25-7-12-22-13(23-24-12)9-2-4-10(5-3-9)15(16,17)18/h2-6H,7H2,1H3,(H2,19,20,21). The van der Waals surface area contributed by atoms with Gasteiger partial charge in [0, 0.05) is 17.3 Å². The maximum absolute atomic E-state index is 12.6. The van der Waals surface area contributed by atoms with Crippen molar-refractivity contribution in [3.8, 4) is 11.4 Å². The van der Waals surface area contributed by atoms with Gasteiger partial charge >= 0.3 is 6.18 Å². The van der Waals surface area contributed by atoms with Crippen LogP contribution in [-0.4, -0.2) is 20.1 Å². The molecule has 0 saturated heterocycles. The van der Waals surface area contributed by atoms with Crippen LogP contribution in [0, 0.1) is 6.92 Å². The second-order valence-corrected chi connectivity index (χ2v) is 6.03. The third kappa shape index (κ3) is 4.27. The van der Waals surface area contributed by atoms with Crippen LogP contribution in [0.3, 0.4) is 0 Å². The summed E-state index contributed by atoms with van der Waals surface area (Å²) in [6.45, 7) is 1.80. The molecular weight excluding hydrogens is 355 g/mol. The van der Waals surface area contributed by atoms with Crippen LogP contribution in [0.2, 0.25) is 0 Å². The molecule has 2 N–H and O–H groups in total. The van der Waals surface area contributed by atoms with E-state index in [0.717, 1.165) is 17.8 Å². The lowest BCUT2D eigenvalue weighted by Crippen LogP contribution is -2.04. The van der Waals surface area contributed by atoms with Crippen LogP contribution >= 0.6 is 11.8 Å². The summed E-state index contributed by atoms with van der Waals surface area (Å²) in [4.78, 5) is 12.5. The average molecular weight is 367 g/mol. The normalized spacial score (nSPS) is 11.7. The maximum Gasteiger partial charge on any atom is 0.416 e. The summed E-state index contributed by atoms with van der Waals surface area (Å²) >= 11 is 1.27. The molecule has 10 heteroatoms. The molecule has 2 aromatic heterocycles. The van der Waals surface area contributed by atoms with Gasteiger partial charge in [0.2, 0.25) is 11.7 Å². The van der Waals surface area contributed by atoms with Gasteiger partial charge in [-0.15, -0.1) is 0 Å². The number of nitrogens with zero attached hydrogens (tertiary/aromatic N) is 4. The van der Waals surface area contributed by atoms with Gasteiger partial charge in [0.1, 0.15) is 5.82 Å². The van der Waals surface area contributed by atoms with E-state index in [9.17, 15) is 13.2 Å². The van der Waals surface area contributed by atoms with E-state index in [-0.39, 0.29) is 5.82 Å². The Morgan fingerprint density at radius 1 is 1.12 bits per heavy atom. The third-order valence-electron chi connectivity index (χ3n) is 3.12. The number of thioether (sulfide) groups is 1. The second-order valence-electron chi connectivity index (χ2n) is 5.09. The van der Waals surface area contributed by atoms with Crippen LogP contribution in [0.15, 0.2) is 40.0 Å². The molecule has 0 unspecified atom stereocenters. The minimum Gasteiger partial charge on any atom is -0.384 e. The highest BCUT2D eigenvalue weighted by atomic mass is 32.2. The van der Waals surface area contributed by atoms with Crippen LogP contribution in [-0.2, 0) is 11.9 Å². The molecule has 25 heavy (non-hydrogen) atoms. The molecule has 3 rings (SSSR count). The number of nitrogen functional groups attached to an aromatic ring is 1. The number of rotatable bonds is 4. The zero-order chi connectivity index (χ0) is 18.0. The monoisotopic (exact) mass is 367 g/mol. The van der Waals surface area contributed by atoms with E-state index in [0.29, 0.717) is 28.2 Å². The molecular formula is C15H12F3N5OS. The van der Waals surface area contributed by atoms with Gasteiger partial charge in [-0.1, -0.05) is 29.1 Å². The van der Waals surface area contributed by atoms with Crippen LogP contribution in [0.1, 0.15) is 17.1 Å². The third-order valence-corrected chi connectivity index (χ3v) is 3.95. The maximum atomic E-state index is 12.6. The van der Waals surface area contributed by atoms with Crippen molar-refractivity contribution in [2.24, 2.45) is 0 Å². The van der Waals surface area contributed by atoms with Gasteiger partial charge < -0.3 is 10.3 Å². The van der Waals surface area contributed by atoms with Crippen LogP contribution in [0.5, 0.6) is 0 Å². The first-order valence-corrected chi connectivity index (χ1v) is 8.04. The Kier molecular flexibility index (Phi) is 4.62. The largest absolute Gasteiger partial charge is 0.416 e. The van der Waals surface area contributed by atoms with Crippen molar-refractivity contribution in [1.82, 2.24) is 20.1 Å². The number of halogens is 3. The Bertz CT molecular complexity index is 859. The molecule has 0 fully saturated rings. The summed E-state index contributed by atoms with van der Waals surface area (Å²) in [6.07, 6.45) is -4.38. The molecule has 0 aliphatic heterocycles. The minimum atomic E-state index is -4.38. The second kappa shape index (κ2) is 6.71. The molecule has 0 radical (unpaired) electrons. The van der Waals surface area contributed by atoms with Crippen LogP contribution in [0.4, 0.5) is 19.0 Å². The molecule has 0 saturated carbocycles. The van der Waals surface area contributed by atoms with Crippen molar-refractivity contribution in [1.29, 1.82) is 0 Å². The molecule has 1 aromatic carbocycles. The van der Waals surface area contributed by atoms with E-state index >= 15 is 0 Å². The molecule has 0 atom stereocenters. The fraction of sp³-hybridized carbons (Fsp3) is 0.200. The summed E-state index contributed by atoms with van der Waals surface area (Å²) in [5.74, 6) is 1.21. The van der Waals surface area contributed by atoms with Gasteiger partial charge in [0.15, 0.2) is 5.16 Å². The zero-order valence-electron chi connectivity index (χ0n) is 12.9. The smallest absolute Gasteiger partial charge is 0.384 e. The number of nitrogens with two attached hydrogens (primary N) is 1. The van der Waals surface area contributed by atoms with E-state index in [1.54, 1.807) is 13.0 Å². The number of hydrogen-bond acceptors (Lipinski definition) is 7.